The van der Waals surface area contributed by atoms with Crippen LogP contribution in [0.3, 0.4) is 0 Å². The Kier molecular flexibility index (Phi) is 4.50. The van der Waals surface area contributed by atoms with Gasteiger partial charge in [0.25, 0.3) is 5.56 Å². The number of aromatic nitrogens is 4. The lowest BCUT2D eigenvalue weighted by atomic mass is 10.2. The molecular weight excluding hydrogens is 354 g/mol. The van der Waals surface area contributed by atoms with E-state index < -0.39 is 0 Å². The van der Waals surface area contributed by atoms with Crippen LogP contribution in [0.5, 0.6) is 0 Å². The molecule has 26 heavy (non-hydrogen) atoms. The lowest BCUT2D eigenvalue weighted by molar-refractivity contribution is 0.199. The van der Waals surface area contributed by atoms with Crippen LogP contribution in [0, 0.1) is 0 Å². The van der Waals surface area contributed by atoms with Crippen LogP contribution in [-0.4, -0.2) is 31.0 Å². The second kappa shape index (κ2) is 6.81. The van der Waals surface area contributed by atoms with Crippen molar-refractivity contribution in [1.29, 1.82) is 0 Å². The molecule has 3 aromatic heterocycles. The van der Waals surface area contributed by atoms with Crippen molar-refractivity contribution in [3.05, 3.63) is 57.2 Å². The van der Waals surface area contributed by atoms with E-state index in [4.69, 9.17) is 16.1 Å². The Hall–Kier alpha value is -2.25. The fourth-order valence-corrected chi connectivity index (χ4v) is 3.49. The number of hydrogen-bond acceptors (Lipinski definition) is 6. The first-order valence-electron chi connectivity index (χ1n) is 8.76. The van der Waals surface area contributed by atoms with Crippen LogP contribution >= 0.6 is 11.6 Å². The first-order valence-corrected chi connectivity index (χ1v) is 9.14. The van der Waals surface area contributed by atoms with Crippen molar-refractivity contribution in [2.75, 3.05) is 6.54 Å². The quantitative estimate of drug-likeness (QED) is 0.699. The van der Waals surface area contributed by atoms with E-state index in [2.05, 4.69) is 20.0 Å². The largest absolute Gasteiger partial charge is 0.338 e. The van der Waals surface area contributed by atoms with Crippen LogP contribution in [0.25, 0.3) is 5.65 Å². The van der Waals surface area contributed by atoms with Gasteiger partial charge in [-0.2, -0.15) is 4.98 Å². The normalized spacial score (nSPS) is 18.2. The molecule has 1 aliphatic heterocycles. The minimum Gasteiger partial charge on any atom is -0.338 e. The molecule has 4 rings (SSSR count). The van der Waals surface area contributed by atoms with Gasteiger partial charge in [0.05, 0.1) is 16.8 Å². The van der Waals surface area contributed by atoms with Crippen molar-refractivity contribution >= 4 is 17.2 Å². The number of fused-ring (bicyclic) bond motifs is 1. The second-order valence-electron chi connectivity index (χ2n) is 6.94. The van der Waals surface area contributed by atoms with Gasteiger partial charge in [-0.05, 0) is 31.5 Å². The van der Waals surface area contributed by atoms with Gasteiger partial charge in [0.1, 0.15) is 5.65 Å². The molecule has 136 valence electrons. The lowest BCUT2D eigenvalue weighted by Crippen LogP contribution is -2.25. The molecular formula is C18H20ClN5O2. The van der Waals surface area contributed by atoms with E-state index in [1.165, 1.54) is 4.40 Å². The highest BCUT2D eigenvalue weighted by Crippen LogP contribution is 2.32. The van der Waals surface area contributed by atoms with Crippen molar-refractivity contribution in [2.45, 2.75) is 45.2 Å². The van der Waals surface area contributed by atoms with Gasteiger partial charge in [0, 0.05) is 24.7 Å². The van der Waals surface area contributed by atoms with Gasteiger partial charge in [-0.1, -0.05) is 30.6 Å². The Morgan fingerprint density at radius 2 is 2.19 bits per heavy atom. The van der Waals surface area contributed by atoms with Crippen LogP contribution in [-0.2, 0) is 6.54 Å². The number of nitrogens with zero attached hydrogens (tertiary/aromatic N) is 5. The predicted molar refractivity (Wildman–Crippen MR) is 97.2 cm³/mol. The monoisotopic (exact) mass is 373 g/mol. The predicted octanol–water partition coefficient (Wildman–Crippen LogP) is 3.19. The molecule has 0 bridgehead atoms. The van der Waals surface area contributed by atoms with Crippen LogP contribution in [0.1, 0.15) is 56.1 Å². The SMILES string of the molecule is CC(C)c1noc([C@@H]2CCCN2Cc2cc(=O)n3cc(Cl)ccc3n2)n1. The molecule has 0 aliphatic carbocycles. The summed E-state index contributed by atoms with van der Waals surface area (Å²) in [5.74, 6) is 1.61. The highest BCUT2D eigenvalue weighted by atomic mass is 35.5. The molecule has 0 aromatic carbocycles. The van der Waals surface area contributed by atoms with E-state index in [1.807, 2.05) is 13.8 Å². The van der Waals surface area contributed by atoms with Crippen molar-refractivity contribution in [2.24, 2.45) is 0 Å². The molecule has 0 amide bonds. The molecule has 1 fully saturated rings. The molecule has 0 unspecified atom stereocenters. The molecule has 3 aromatic rings. The summed E-state index contributed by atoms with van der Waals surface area (Å²) in [7, 11) is 0. The van der Waals surface area contributed by atoms with Gasteiger partial charge in [-0.25, -0.2) is 4.98 Å². The van der Waals surface area contributed by atoms with E-state index in [1.54, 1.807) is 24.4 Å². The minimum atomic E-state index is -0.136. The van der Waals surface area contributed by atoms with Crippen molar-refractivity contribution in [1.82, 2.24) is 24.4 Å². The molecule has 0 saturated carbocycles. The first kappa shape index (κ1) is 17.2. The fourth-order valence-electron chi connectivity index (χ4n) is 3.33. The molecule has 1 aliphatic rings. The Labute approximate surface area is 155 Å². The van der Waals surface area contributed by atoms with Crippen molar-refractivity contribution in [3.63, 3.8) is 0 Å². The maximum atomic E-state index is 12.4. The fraction of sp³-hybridized carbons (Fsp3) is 0.444. The van der Waals surface area contributed by atoms with Gasteiger partial charge >= 0.3 is 0 Å². The number of rotatable bonds is 4. The number of likely N-dealkylation sites (tertiary alicyclic amines) is 1. The zero-order chi connectivity index (χ0) is 18.3. The number of pyridine rings is 1. The first-order chi connectivity index (χ1) is 12.5. The minimum absolute atomic E-state index is 0.0699. The molecule has 0 spiro atoms. The summed E-state index contributed by atoms with van der Waals surface area (Å²) in [6.45, 7) is 5.56. The van der Waals surface area contributed by atoms with Crippen molar-refractivity contribution < 1.29 is 4.52 Å². The van der Waals surface area contributed by atoms with Crippen LogP contribution in [0.2, 0.25) is 5.02 Å². The van der Waals surface area contributed by atoms with Gasteiger partial charge in [0.15, 0.2) is 5.82 Å². The number of hydrogen-bond donors (Lipinski definition) is 0. The number of halogens is 1. The zero-order valence-electron chi connectivity index (χ0n) is 14.7. The molecule has 0 N–H and O–H groups in total. The third-order valence-electron chi connectivity index (χ3n) is 4.66. The maximum Gasteiger partial charge on any atom is 0.258 e. The molecule has 8 heteroatoms. The summed E-state index contributed by atoms with van der Waals surface area (Å²) in [5, 5.41) is 4.58. The highest BCUT2D eigenvalue weighted by molar-refractivity contribution is 6.30. The third kappa shape index (κ3) is 3.24. The van der Waals surface area contributed by atoms with E-state index in [-0.39, 0.29) is 17.5 Å². The molecule has 1 saturated heterocycles. The Bertz CT molecular complexity index is 997. The smallest absolute Gasteiger partial charge is 0.258 e. The summed E-state index contributed by atoms with van der Waals surface area (Å²) in [4.78, 5) is 23.7. The van der Waals surface area contributed by atoms with Gasteiger partial charge in [-0.3, -0.25) is 14.1 Å². The Balaban J connectivity index is 1.60. The maximum absolute atomic E-state index is 12.4. The topological polar surface area (TPSA) is 76.5 Å². The Morgan fingerprint density at radius 3 is 2.96 bits per heavy atom. The van der Waals surface area contributed by atoms with Gasteiger partial charge < -0.3 is 4.52 Å². The average Bonchev–Trinajstić information content (AvgIpc) is 3.24. The van der Waals surface area contributed by atoms with Crippen LogP contribution in [0.4, 0.5) is 0 Å². The van der Waals surface area contributed by atoms with E-state index >= 15 is 0 Å². The summed E-state index contributed by atoms with van der Waals surface area (Å²) in [5.41, 5.74) is 1.18. The Morgan fingerprint density at radius 1 is 1.35 bits per heavy atom. The highest BCUT2D eigenvalue weighted by Gasteiger charge is 2.31. The van der Waals surface area contributed by atoms with Crippen LogP contribution in [0.15, 0.2) is 33.7 Å². The summed E-state index contributed by atoms with van der Waals surface area (Å²) >= 11 is 5.96. The third-order valence-corrected chi connectivity index (χ3v) is 4.89. The summed E-state index contributed by atoms with van der Waals surface area (Å²) in [6, 6.07) is 5.12. The summed E-state index contributed by atoms with van der Waals surface area (Å²) < 4.78 is 6.94. The van der Waals surface area contributed by atoms with E-state index in [9.17, 15) is 4.79 Å². The van der Waals surface area contributed by atoms with E-state index in [0.717, 1.165) is 30.9 Å². The summed E-state index contributed by atoms with van der Waals surface area (Å²) in [6.07, 6.45) is 3.59. The molecule has 1 atom stereocenters. The van der Waals surface area contributed by atoms with Crippen LogP contribution < -0.4 is 5.56 Å². The van der Waals surface area contributed by atoms with Gasteiger partial charge in [-0.15, -0.1) is 0 Å². The van der Waals surface area contributed by atoms with Crippen molar-refractivity contribution in [3.8, 4) is 0 Å². The molecule has 4 heterocycles. The molecule has 7 nitrogen and oxygen atoms in total. The standard InChI is InChI=1S/C18H20ClN5O2/c1-11(2)17-21-18(26-22-17)14-4-3-7-23(14)10-13-8-16(25)24-9-12(19)5-6-15(24)20-13/h5-6,8-9,11,14H,3-4,7,10H2,1-2H3/t14-/m0/s1. The lowest BCUT2D eigenvalue weighted by Gasteiger charge is -2.21. The van der Waals surface area contributed by atoms with Gasteiger partial charge in [0.2, 0.25) is 5.89 Å². The average molecular weight is 374 g/mol. The van der Waals surface area contributed by atoms with E-state index in [0.29, 0.717) is 23.1 Å². The second-order valence-corrected chi connectivity index (χ2v) is 7.37. The zero-order valence-corrected chi connectivity index (χ0v) is 15.5. The molecule has 0 radical (unpaired) electrons.